The Morgan fingerprint density at radius 1 is 1.30 bits per heavy atom. The normalized spacial score (nSPS) is 15.7. The topological polar surface area (TPSA) is 37.8 Å². The van der Waals surface area contributed by atoms with Crippen molar-refractivity contribution in [3.05, 3.63) is 40.0 Å². The van der Waals surface area contributed by atoms with Crippen LogP contribution in [0.2, 0.25) is 0 Å². The van der Waals surface area contributed by atoms with Crippen LogP contribution in [-0.4, -0.2) is 9.97 Å². The summed E-state index contributed by atoms with van der Waals surface area (Å²) in [5.74, 6) is 1.06. The van der Waals surface area contributed by atoms with Gasteiger partial charge in [0.05, 0.1) is 6.04 Å². The minimum atomic E-state index is 0.376. The van der Waals surface area contributed by atoms with Crippen LogP contribution in [0.1, 0.15) is 54.8 Å². The number of nitrogens with zero attached hydrogens (tertiary/aromatic N) is 2. The van der Waals surface area contributed by atoms with Crippen molar-refractivity contribution in [2.75, 3.05) is 5.32 Å². The second kappa shape index (κ2) is 6.35. The first-order valence-electron chi connectivity index (χ1n) is 7.51. The third-order valence-electron chi connectivity index (χ3n) is 3.90. The second-order valence-electron chi connectivity index (χ2n) is 5.36. The third kappa shape index (κ3) is 2.85. The maximum absolute atomic E-state index is 4.51. The molecular weight excluding hydrogens is 266 g/mol. The molecule has 20 heavy (non-hydrogen) atoms. The highest BCUT2D eigenvalue weighted by molar-refractivity contribution is 7.10. The first kappa shape index (κ1) is 13.6. The van der Waals surface area contributed by atoms with Gasteiger partial charge >= 0.3 is 0 Å². The first-order chi connectivity index (χ1) is 9.88. The fraction of sp³-hybridized carbons (Fsp3) is 0.500. The summed E-state index contributed by atoms with van der Waals surface area (Å²) in [5.41, 5.74) is 2.59. The van der Waals surface area contributed by atoms with E-state index >= 15 is 0 Å². The molecular formula is C16H21N3S. The van der Waals surface area contributed by atoms with Gasteiger partial charge in [-0.05, 0) is 43.6 Å². The fourth-order valence-electron chi connectivity index (χ4n) is 2.87. The lowest BCUT2D eigenvalue weighted by molar-refractivity contribution is 0.650. The van der Waals surface area contributed by atoms with Crippen molar-refractivity contribution in [1.82, 2.24) is 9.97 Å². The lowest BCUT2D eigenvalue weighted by atomic mass is 9.96. The first-order valence-corrected chi connectivity index (χ1v) is 8.39. The molecule has 1 unspecified atom stereocenters. The molecule has 4 heteroatoms. The van der Waals surface area contributed by atoms with Crippen LogP contribution < -0.4 is 5.32 Å². The summed E-state index contributed by atoms with van der Waals surface area (Å²) >= 11 is 1.82. The number of anilines is 1. The monoisotopic (exact) mass is 287 g/mol. The predicted molar refractivity (Wildman–Crippen MR) is 84.3 cm³/mol. The molecule has 2 aromatic heterocycles. The van der Waals surface area contributed by atoms with Crippen LogP contribution in [0.25, 0.3) is 0 Å². The molecule has 0 radical (unpaired) electrons. The van der Waals surface area contributed by atoms with Gasteiger partial charge in [-0.2, -0.15) is 0 Å². The molecule has 0 bridgehead atoms. The van der Waals surface area contributed by atoms with E-state index in [0.29, 0.717) is 6.04 Å². The molecule has 0 spiro atoms. The summed E-state index contributed by atoms with van der Waals surface area (Å²) in [5, 5.41) is 5.82. The van der Waals surface area contributed by atoms with Crippen molar-refractivity contribution in [2.24, 2.45) is 0 Å². The Labute approximate surface area is 124 Å². The van der Waals surface area contributed by atoms with E-state index in [1.54, 1.807) is 6.33 Å². The van der Waals surface area contributed by atoms with Gasteiger partial charge in [0.15, 0.2) is 0 Å². The number of aromatic nitrogens is 2. The van der Waals surface area contributed by atoms with Crippen LogP contribution in [0, 0.1) is 0 Å². The highest BCUT2D eigenvalue weighted by atomic mass is 32.1. The maximum Gasteiger partial charge on any atom is 0.133 e. The molecule has 106 valence electrons. The average Bonchev–Trinajstić information content (AvgIpc) is 3.01. The van der Waals surface area contributed by atoms with Gasteiger partial charge in [-0.15, -0.1) is 11.3 Å². The number of rotatable bonds is 5. The molecule has 0 fully saturated rings. The Kier molecular flexibility index (Phi) is 4.31. The molecule has 1 atom stereocenters. The van der Waals surface area contributed by atoms with Gasteiger partial charge in [0.25, 0.3) is 0 Å². The van der Waals surface area contributed by atoms with Crippen molar-refractivity contribution in [3.63, 3.8) is 0 Å². The molecule has 2 aromatic rings. The predicted octanol–water partition coefficient (Wildman–Crippen LogP) is 4.37. The lowest BCUT2D eigenvalue weighted by Gasteiger charge is -2.22. The Morgan fingerprint density at radius 2 is 2.20 bits per heavy atom. The highest BCUT2D eigenvalue weighted by Gasteiger charge is 2.18. The third-order valence-corrected chi connectivity index (χ3v) is 4.89. The summed E-state index contributed by atoms with van der Waals surface area (Å²) < 4.78 is 0. The summed E-state index contributed by atoms with van der Waals surface area (Å²) in [4.78, 5) is 10.4. The van der Waals surface area contributed by atoms with E-state index in [1.165, 1.54) is 35.4 Å². The Hall–Kier alpha value is -1.42. The van der Waals surface area contributed by atoms with Crippen molar-refractivity contribution in [3.8, 4) is 0 Å². The van der Waals surface area contributed by atoms with Crippen LogP contribution in [0.4, 0.5) is 5.82 Å². The van der Waals surface area contributed by atoms with E-state index in [4.69, 9.17) is 0 Å². The summed E-state index contributed by atoms with van der Waals surface area (Å²) in [6, 6.07) is 4.71. The summed E-state index contributed by atoms with van der Waals surface area (Å²) in [6.45, 7) is 2.23. The largest absolute Gasteiger partial charge is 0.362 e. The van der Waals surface area contributed by atoms with Crippen molar-refractivity contribution in [2.45, 2.75) is 51.5 Å². The zero-order chi connectivity index (χ0) is 13.8. The van der Waals surface area contributed by atoms with Crippen LogP contribution in [0.3, 0.4) is 0 Å². The van der Waals surface area contributed by atoms with E-state index < -0.39 is 0 Å². The molecule has 0 aliphatic heterocycles. The molecule has 1 N–H and O–H groups in total. The lowest BCUT2D eigenvalue weighted by Crippen LogP contribution is -2.15. The zero-order valence-electron chi connectivity index (χ0n) is 11.9. The smallest absolute Gasteiger partial charge is 0.133 e. The SMILES string of the molecule is CCCC(Nc1ncnc2c1CCCC2)c1cccs1. The highest BCUT2D eigenvalue weighted by Crippen LogP contribution is 2.30. The van der Waals surface area contributed by atoms with Gasteiger partial charge in [-0.1, -0.05) is 19.4 Å². The number of nitrogens with one attached hydrogen (secondary N) is 1. The van der Waals surface area contributed by atoms with E-state index in [-0.39, 0.29) is 0 Å². The standard InChI is InChI=1S/C16H21N3S/c1-2-6-14(15-9-5-10-20-15)19-16-12-7-3-4-8-13(12)17-11-18-16/h5,9-11,14H,2-4,6-8H2,1H3,(H,17,18,19). The van der Waals surface area contributed by atoms with Crippen molar-refractivity contribution in [1.29, 1.82) is 0 Å². The quantitative estimate of drug-likeness (QED) is 0.887. The molecule has 2 heterocycles. The second-order valence-corrected chi connectivity index (χ2v) is 6.33. The molecule has 1 aliphatic carbocycles. The minimum absolute atomic E-state index is 0.376. The van der Waals surface area contributed by atoms with Gasteiger partial charge in [0.1, 0.15) is 12.1 Å². The molecule has 1 aliphatic rings. The molecule has 0 aromatic carbocycles. The van der Waals surface area contributed by atoms with Crippen LogP contribution in [0.5, 0.6) is 0 Å². The van der Waals surface area contributed by atoms with Gasteiger partial charge in [-0.25, -0.2) is 9.97 Å². The van der Waals surface area contributed by atoms with Crippen molar-refractivity contribution < 1.29 is 0 Å². The van der Waals surface area contributed by atoms with Crippen molar-refractivity contribution >= 4 is 17.2 Å². The van der Waals surface area contributed by atoms with Gasteiger partial charge in [0.2, 0.25) is 0 Å². The molecule has 3 nitrogen and oxygen atoms in total. The van der Waals surface area contributed by atoms with Gasteiger partial charge in [-0.3, -0.25) is 0 Å². The maximum atomic E-state index is 4.51. The van der Waals surface area contributed by atoms with Gasteiger partial charge in [0, 0.05) is 16.1 Å². The molecule has 0 saturated heterocycles. The summed E-state index contributed by atoms with van der Waals surface area (Å²) in [7, 11) is 0. The number of thiophene rings is 1. The fourth-order valence-corrected chi connectivity index (χ4v) is 3.69. The molecule has 3 rings (SSSR count). The van der Waals surface area contributed by atoms with Gasteiger partial charge < -0.3 is 5.32 Å². The van der Waals surface area contributed by atoms with Crippen LogP contribution in [0.15, 0.2) is 23.8 Å². The van der Waals surface area contributed by atoms with E-state index in [2.05, 4.69) is 39.7 Å². The molecule has 0 amide bonds. The van der Waals surface area contributed by atoms with E-state index in [1.807, 2.05) is 11.3 Å². The average molecular weight is 287 g/mol. The zero-order valence-corrected chi connectivity index (χ0v) is 12.7. The summed E-state index contributed by atoms with van der Waals surface area (Å²) in [6.07, 6.45) is 8.75. The number of hydrogen-bond acceptors (Lipinski definition) is 4. The number of fused-ring (bicyclic) bond motifs is 1. The minimum Gasteiger partial charge on any atom is -0.362 e. The number of hydrogen-bond donors (Lipinski definition) is 1. The molecule has 0 saturated carbocycles. The Balaban J connectivity index is 1.85. The number of aryl methyl sites for hydroxylation is 1. The van der Waals surface area contributed by atoms with E-state index in [9.17, 15) is 0 Å². The van der Waals surface area contributed by atoms with Crippen LogP contribution in [-0.2, 0) is 12.8 Å². The Morgan fingerprint density at radius 3 is 3.00 bits per heavy atom. The van der Waals surface area contributed by atoms with E-state index in [0.717, 1.165) is 25.1 Å². The van der Waals surface area contributed by atoms with Crippen LogP contribution >= 0.6 is 11.3 Å². The Bertz CT molecular complexity index is 551.